The maximum Gasteiger partial charge on any atom is 0.330 e. The Kier molecular flexibility index (Phi) is 1.96. The van der Waals surface area contributed by atoms with Gasteiger partial charge in [-0.15, -0.1) is 0 Å². The molecule has 0 aliphatic heterocycles. The third-order valence-electron chi connectivity index (χ3n) is 1.93. The highest BCUT2D eigenvalue weighted by molar-refractivity contribution is 5.32. The molecule has 0 unspecified atom stereocenters. The highest BCUT2D eigenvalue weighted by atomic mass is 19.1. The Morgan fingerprint density at radius 1 is 1.43 bits per heavy atom. The van der Waals surface area contributed by atoms with Gasteiger partial charge in [-0.2, -0.15) is 0 Å². The van der Waals surface area contributed by atoms with E-state index in [0.717, 1.165) is 5.69 Å². The SMILES string of the molecule is Cc1cn(-c2cccc(F)c2)c(=O)[nH]1. The number of aromatic amines is 1. The molecule has 2 rings (SSSR count). The molecular weight excluding hydrogens is 183 g/mol. The van der Waals surface area contributed by atoms with Gasteiger partial charge in [0.1, 0.15) is 5.82 Å². The molecule has 0 aliphatic rings. The third kappa shape index (κ3) is 1.46. The fourth-order valence-electron chi connectivity index (χ4n) is 1.33. The van der Waals surface area contributed by atoms with Crippen molar-refractivity contribution in [2.45, 2.75) is 6.92 Å². The zero-order valence-electron chi connectivity index (χ0n) is 7.62. The molecule has 1 aromatic carbocycles. The van der Waals surface area contributed by atoms with Crippen LogP contribution in [0.2, 0.25) is 0 Å². The molecule has 1 N–H and O–H groups in total. The van der Waals surface area contributed by atoms with Crippen LogP contribution in [0.3, 0.4) is 0 Å². The van der Waals surface area contributed by atoms with Crippen LogP contribution in [-0.4, -0.2) is 9.55 Å². The van der Waals surface area contributed by atoms with Gasteiger partial charge in [0, 0.05) is 11.9 Å². The smallest absolute Gasteiger partial charge is 0.310 e. The molecule has 0 spiro atoms. The van der Waals surface area contributed by atoms with Crippen LogP contribution in [0.1, 0.15) is 5.69 Å². The van der Waals surface area contributed by atoms with Crippen molar-refractivity contribution in [3.8, 4) is 5.69 Å². The monoisotopic (exact) mass is 192 g/mol. The predicted molar refractivity (Wildman–Crippen MR) is 51.1 cm³/mol. The first-order valence-corrected chi connectivity index (χ1v) is 4.21. The summed E-state index contributed by atoms with van der Waals surface area (Å²) in [6.07, 6.45) is 1.64. The minimum atomic E-state index is -0.353. The summed E-state index contributed by atoms with van der Waals surface area (Å²) in [7, 11) is 0. The number of hydrogen-bond donors (Lipinski definition) is 1. The molecule has 0 saturated carbocycles. The van der Waals surface area contributed by atoms with Crippen molar-refractivity contribution >= 4 is 0 Å². The van der Waals surface area contributed by atoms with Gasteiger partial charge >= 0.3 is 5.69 Å². The fraction of sp³-hybridized carbons (Fsp3) is 0.100. The summed E-state index contributed by atoms with van der Waals surface area (Å²) in [6.45, 7) is 1.77. The molecule has 0 bridgehead atoms. The Morgan fingerprint density at radius 2 is 2.21 bits per heavy atom. The summed E-state index contributed by atoms with van der Waals surface area (Å²) >= 11 is 0. The van der Waals surface area contributed by atoms with E-state index < -0.39 is 0 Å². The maximum absolute atomic E-state index is 12.9. The number of rotatable bonds is 1. The second kappa shape index (κ2) is 3.14. The minimum Gasteiger partial charge on any atom is -0.310 e. The minimum absolute atomic E-state index is 0.256. The summed E-state index contributed by atoms with van der Waals surface area (Å²) in [4.78, 5) is 13.9. The second-order valence-electron chi connectivity index (χ2n) is 3.09. The van der Waals surface area contributed by atoms with E-state index in [9.17, 15) is 9.18 Å². The van der Waals surface area contributed by atoms with E-state index in [1.807, 2.05) is 0 Å². The molecule has 0 amide bonds. The number of aromatic nitrogens is 2. The van der Waals surface area contributed by atoms with Crippen molar-refractivity contribution in [3.63, 3.8) is 0 Å². The van der Waals surface area contributed by atoms with E-state index in [2.05, 4.69) is 4.98 Å². The van der Waals surface area contributed by atoms with E-state index in [1.54, 1.807) is 25.3 Å². The molecule has 2 aromatic rings. The van der Waals surface area contributed by atoms with Gasteiger partial charge in [0.15, 0.2) is 0 Å². The van der Waals surface area contributed by atoms with Crippen LogP contribution in [0, 0.1) is 12.7 Å². The van der Waals surface area contributed by atoms with Crippen molar-refractivity contribution in [2.75, 3.05) is 0 Å². The van der Waals surface area contributed by atoms with Gasteiger partial charge in [-0.05, 0) is 25.1 Å². The summed E-state index contributed by atoms with van der Waals surface area (Å²) < 4.78 is 14.2. The van der Waals surface area contributed by atoms with Gasteiger partial charge in [0.05, 0.1) is 5.69 Å². The molecule has 1 aromatic heterocycles. The van der Waals surface area contributed by atoms with Gasteiger partial charge in [-0.25, -0.2) is 9.18 Å². The average molecular weight is 192 g/mol. The zero-order valence-corrected chi connectivity index (χ0v) is 7.62. The number of halogens is 1. The molecule has 0 aliphatic carbocycles. The average Bonchev–Trinajstić information content (AvgIpc) is 2.45. The molecule has 72 valence electrons. The Hall–Kier alpha value is -1.84. The number of nitrogens with one attached hydrogen (secondary N) is 1. The maximum atomic E-state index is 12.9. The first kappa shape index (κ1) is 8.74. The lowest BCUT2D eigenvalue weighted by atomic mass is 10.3. The number of hydrogen-bond acceptors (Lipinski definition) is 1. The Labute approximate surface area is 79.8 Å². The lowest BCUT2D eigenvalue weighted by Crippen LogP contribution is -2.13. The summed E-state index contributed by atoms with van der Waals surface area (Å²) in [5, 5.41) is 0. The van der Waals surface area contributed by atoms with Gasteiger partial charge in [0.2, 0.25) is 0 Å². The van der Waals surface area contributed by atoms with Gasteiger partial charge in [-0.3, -0.25) is 4.57 Å². The molecule has 0 saturated heterocycles. The second-order valence-corrected chi connectivity index (χ2v) is 3.09. The first-order chi connectivity index (χ1) is 6.66. The van der Waals surface area contributed by atoms with E-state index in [-0.39, 0.29) is 11.5 Å². The molecule has 0 atom stereocenters. The topological polar surface area (TPSA) is 37.8 Å². The lowest BCUT2D eigenvalue weighted by Gasteiger charge is -1.99. The number of benzene rings is 1. The number of nitrogens with zero attached hydrogens (tertiary/aromatic N) is 1. The van der Waals surface area contributed by atoms with E-state index in [0.29, 0.717) is 5.69 Å². The number of aryl methyl sites for hydroxylation is 1. The van der Waals surface area contributed by atoms with Crippen molar-refractivity contribution in [3.05, 3.63) is 52.5 Å². The highest BCUT2D eigenvalue weighted by Crippen LogP contribution is 2.07. The summed E-state index contributed by atoms with van der Waals surface area (Å²) in [5.41, 5.74) is 1.02. The largest absolute Gasteiger partial charge is 0.330 e. The molecular formula is C10H9FN2O. The Balaban J connectivity index is 2.60. The lowest BCUT2D eigenvalue weighted by molar-refractivity contribution is 0.626. The molecule has 0 fully saturated rings. The van der Waals surface area contributed by atoms with Gasteiger partial charge in [-0.1, -0.05) is 6.07 Å². The van der Waals surface area contributed by atoms with Gasteiger partial charge in [0.25, 0.3) is 0 Å². The van der Waals surface area contributed by atoms with Crippen molar-refractivity contribution in [2.24, 2.45) is 0 Å². The Bertz CT molecular complexity index is 513. The van der Waals surface area contributed by atoms with Crippen LogP contribution in [0.15, 0.2) is 35.3 Å². The van der Waals surface area contributed by atoms with Crippen LogP contribution < -0.4 is 5.69 Å². The molecule has 14 heavy (non-hydrogen) atoms. The van der Waals surface area contributed by atoms with Crippen molar-refractivity contribution < 1.29 is 4.39 Å². The molecule has 3 nitrogen and oxygen atoms in total. The first-order valence-electron chi connectivity index (χ1n) is 4.21. The van der Waals surface area contributed by atoms with E-state index in [1.165, 1.54) is 16.7 Å². The van der Waals surface area contributed by atoms with Crippen LogP contribution in [0.4, 0.5) is 4.39 Å². The highest BCUT2D eigenvalue weighted by Gasteiger charge is 2.02. The number of H-pyrrole nitrogens is 1. The normalized spacial score (nSPS) is 10.4. The van der Waals surface area contributed by atoms with Crippen molar-refractivity contribution in [1.29, 1.82) is 0 Å². The van der Waals surface area contributed by atoms with Gasteiger partial charge < -0.3 is 4.98 Å². The summed E-state index contributed by atoms with van der Waals surface area (Å²) in [5.74, 6) is -0.353. The summed E-state index contributed by atoms with van der Waals surface area (Å²) in [6, 6.07) is 5.90. The Morgan fingerprint density at radius 3 is 2.79 bits per heavy atom. The van der Waals surface area contributed by atoms with Crippen LogP contribution in [-0.2, 0) is 0 Å². The van der Waals surface area contributed by atoms with Crippen molar-refractivity contribution in [1.82, 2.24) is 9.55 Å². The van der Waals surface area contributed by atoms with E-state index >= 15 is 0 Å². The third-order valence-corrected chi connectivity index (χ3v) is 1.93. The quantitative estimate of drug-likeness (QED) is 0.732. The predicted octanol–water partition coefficient (Wildman–Crippen LogP) is 1.61. The molecule has 4 heteroatoms. The zero-order chi connectivity index (χ0) is 10.1. The molecule has 1 heterocycles. The standard InChI is InChI=1S/C10H9FN2O/c1-7-6-13(10(14)12-7)9-4-2-3-8(11)5-9/h2-6H,1H3,(H,12,14). The van der Waals surface area contributed by atoms with Crippen LogP contribution in [0.25, 0.3) is 5.69 Å². The van der Waals surface area contributed by atoms with Crippen LogP contribution >= 0.6 is 0 Å². The fourth-order valence-corrected chi connectivity index (χ4v) is 1.33. The number of imidazole rings is 1. The van der Waals surface area contributed by atoms with E-state index in [4.69, 9.17) is 0 Å². The van der Waals surface area contributed by atoms with Crippen LogP contribution in [0.5, 0.6) is 0 Å². The molecule has 0 radical (unpaired) electrons.